The van der Waals surface area contributed by atoms with Gasteiger partial charge < -0.3 is 5.32 Å². The number of anilines is 1. The van der Waals surface area contributed by atoms with Crippen LogP contribution in [0.2, 0.25) is 0 Å². The fraction of sp³-hybridized carbons (Fsp3) is 0.208. The summed E-state index contributed by atoms with van der Waals surface area (Å²) in [4.78, 5) is 24.4. The number of hydrogen-bond donors (Lipinski definition) is 2. The van der Waals surface area contributed by atoms with Gasteiger partial charge in [-0.1, -0.05) is 54.6 Å². The lowest BCUT2D eigenvalue weighted by atomic mass is 10.0. The molecule has 2 N–H and O–H groups in total. The minimum atomic E-state index is -0.168. The van der Waals surface area contributed by atoms with Crippen molar-refractivity contribution in [3.05, 3.63) is 77.9 Å². The van der Waals surface area contributed by atoms with Crippen molar-refractivity contribution in [2.24, 2.45) is 11.0 Å². The molecule has 0 bridgehead atoms. The molecule has 1 aliphatic rings. The smallest absolute Gasteiger partial charge is 0.244 e. The van der Waals surface area contributed by atoms with E-state index in [4.69, 9.17) is 0 Å². The maximum Gasteiger partial charge on any atom is 0.244 e. The first kappa shape index (κ1) is 18.9. The third-order valence-corrected chi connectivity index (χ3v) is 5.08. The lowest BCUT2D eigenvalue weighted by molar-refractivity contribution is -0.120. The van der Waals surface area contributed by atoms with Gasteiger partial charge in [-0.05, 0) is 53.8 Å². The van der Waals surface area contributed by atoms with Gasteiger partial charge in [0.1, 0.15) is 0 Å². The van der Waals surface area contributed by atoms with Crippen LogP contribution < -0.4 is 10.7 Å². The molecule has 4 rings (SSSR count). The van der Waals surface area contributed by atoms with Crippen LogP contribution in [0.3, 0.4) is 0 Å². The van der Waals surface area contributed by atoms with Crippen molar-refractivity contribution in [2.75, 3.05) is 5.32 Å². The predicted molar refractivity (Wildman–Crippen MR) is 116 cm³/mol. The molecule has 0 radical (unpaired) electrons. The monoisotopic (exact) mass is 385 g/mol. The second-order valence-electron chi connectivity index (χ2n) is 7.39. The fourth-order valence-corrected chi connectivity index (χ4v) is 3.28. The summed E-state index contributed by atoms with van der Waals surface area (Å²) in [6, 6.07) is 21.5. The highest BCUT2D eigenvalue weighted by atomic mass is 16.2. The Hall–Kier alpha value is -3.47. The third-order valence-electron chi connectivity index (χ3n) is 5.08. The number of fused-ring (bicyclic) bond motifs is 1. The highest BCUT2D eigenvalue weighted by Crippen LogP contribution is 2.30. The Labute approximate surface area is 169 Å². The number of nitrogens with one attached hydrogen (secondary N) is 2. The molecule has 1 saturated carbocycles. The summed E-state index contributed by atoms with van der Waals surface area (Å²) >= 11 is 0. The van der Waals surface area contributed by atoms with Crippen LogP contribution in [-0.2, 0) is 16.0 Å². The average molecular weight is 385 g/mol. The van der Waals surface area contributed by atoms with Gasteiger partial charge in [-0.15, -0.1) is 0 Å². The Morgan fingerprint density at radius 2 is 1.76 bits per heavy atom. The van der Waals surface area contributed by atoms with Crippen molar-refractivity contribution in [2.45, 2.75) is 26.2 Å². The molecular formula is C24H23N3O2. The van der Waals surface area contributed by atoms with Crippen molar-refractivity contribution in [3.8, 4) is 0 Å². The molecule has 0 heterocycles. The molecule has 0 spiro atoms. The van der Waals surface area contributed by atoms with Crippen LogP contribution in [0.25, 0.3) is 10.8 Å². The van der Waals surface area contributed by atoms with E-state index in [1.807, 2.05) is 73.7 Å². The zero-order valence-corrected chi connectivity index (χ0v) is 16.3. The Kier molecular flexibility index (Phi) is 5.38. The summed E-state index contributed by atoms with van der Waals surface area (Å²) in [7, 11) is 0. The summed E-state index contributed by atoms with van der Waals surface area (Å²) in [6.07, 6.45) is 2.19. The van der Waals surface area contributed by atoms with Crippen molar-refractivity contribution in [1.82, 2.24) is 5.43 Å². The Balaban J connectivity index is 1.41. The molecule has 5 nitrogen and oxygen atoms in total. The van der Waals surface area contributed by atoms with E-state index in [1.54, 1.807) is 0 Å². The first-order valence-electron chi connectivity index (χ1n) is 9.81. The number of carbonyl (C=O) groups excluding carboxylic acids is 2. The molecule has 0 unspecified atom stereocenters. The van der Waals surface area contributed by atoms with Crippen molar-refractivity contribution >= 4 is 34.0 Å². The van der Waals surface area contributed by atoms with Gasteiger partial charge in [-0.3, -0.25) is 9.59 Å². The summed E-state index contributed by atoms with van der Waals surface area (Å²) < 4.78 is 0. The maximum atomic E-state index is 12.4. The minimum Gasteiger partial charge on any atom is -0.326 e. The van der Waals surface area contributed by atoms with E-state index >= 15 is 0 Å². The van der Waals surface area contributed by atoms with Crippen molar-refractivity contribution in [3.63, 3.8) is 0 Å². The van der Waals surface area contributed by atoms with Crippen LogP contribution in [0.15, 0.2) is 71.8 Å². The molecule has 0 aromatic heterocycles. The number of hydrogen-bond acceptors (Lipinski definition) is 3. The topological polar surface area (TPSA) is 70.6 Å². The second kappa shape index (κ2) is 8.27. The molecule has 1 aliphatic carbocycles. The molecule has 3 aromatic carbocycles. The van der Waals surface area contributed by atoms with E-state index in [2.05, 4.69) is 15.8 Å². The van der Waals surface area contributed by atoms with Crippen LogP contribution >= 0.6 is 0 Å². The van der Waals surface area contributed by atoms with E-state index in [1.165, 1.54) is 0 Å². The predicted octanol–water partition coefficient (Wildman–Crippen LogP) is 4.27. The van der Waals surface area contributed by atoms with Crippen LogP contribution in [0, 0.1) is 5.92 Å². The number of nitrogens with zero attached hydrogens (tertiary/aromatic N) is 1. The lowest BCUT2D eigenvalue weighted by Crippen LogP contribution is -2.21. The molecular weight excluding hydrogens is 362 g/mol. The quantitative estimate of drug-likeness (QED) is 0.491. The van der Waals surface area contributed by atoms with Crippen LogP contribution in [-0.4, -0.2) is 17.5 Å². The lowest BCUT2D eigenvalue weighted by Gasteiger charge is -2.08. The first-order valence-corrected chi connectivity index (χ1v) is 9.81. The molecule has 5 heteroatoms. The number of amides is 2. The number of benzene rings is 3. The largest absolute Gasteiger partial charge is 0.326 e. The van der Waals surface area contributed by atoms with Gasteiger partial charge in [0.15, 0.2) is 0 Å². The Bertz CT molecular complexity index is 1090. The normalized spacial score (nSPS) is 13.9. The SMILES string of the molecule is CC(=NNC(=O)Cc1cccc2ccccc12)c1cccc(NC(=O)C2CC2)c1. The number of hydrazone groups is 1. The highest BCUT2D eigenvalue weighted by Gasteiger charge is 2.29. The van der Waals surface area contributed by atoms with Crippen LogP contribution in [0.1, 0.15) is 30.9 Å². The van der Waals surface area contributed by atoms with Gasteiger partial charge in [0.25, 0.3) is 0 Å². The molecule has 0 atom stereocenters. The van der Waals surface area contributed by atoms with Crippen molar-refractivity contribution < 1.29 is 9.59 Å². The summed E-state index contributed by atoms with van der Waals surface area (Å²) in [5, 5.41) is 9.36. The van der Waals surface area contributed by atoms with Gasteiger partial charge in [0.05, 0.1) is 12.1 Å². The van der Waals surface area contributed by atoms with E-state index in [0.717, 1.165) is 40.4 Å². The third kappa shape index (κ3) is 4.69. The van der Waals surface area contributed by atoms with Gasteiger partial charge in [-0.25, -0.2) is 5.43 Å². The molecule has 2 amide bonds. The van der Waals surface area contributed by atoms with Gasteiger partial charge >= 0.3 is 0 Å². The minimum absolute atomic E-state index is 0.0696. The Morgan fingerprint density at radius 3 is 2.59 bits per heavy atom. The Morgan fingerprint density at radius 1 is 1.00 bits per heavy atom. The molecule has 0 saturated heterocycles. The number of rotatable bonds is 6. The molecule has 1 fully saturated rings. The van der Waals surface area contributed by atoms with Gasteiger partial charge in [-0.2, -0.15) is 5.10 Å². The summed E-state index contributed by atoms with van der Waals surface area (Å²) in [6.45, 7) is 1.83. The zero-order chi connectivity index (χ0) is 20.2. The van der Waals surface area contributed by atoms with Crippen LogP contribution in [0.4, 0.5) is 5.69 Å². The molecule has 29 heavy (non-hydrogen) atoms. The zero-order valence-electron chi connectivity index (χ0n) is 16.3. The van der Waals surface area contributed by atoms with E-state index < -0.39 is 0 Å². The summed E-state index contributed by atoms with van der Waals surface area (Å²) in [5.74, 6) is 0.0563. The summed E-state index contributed by atoms with van der Waals surface area (Å²) in [5.41, 5.74) is 5.89. The second-order valence-corrected chi connectivity index (χ2v) is 7.39. The van der Waals surface area contributed by atoms with E-state index in [-0.39, 0.29) is 24.2 Å². The maximum absolute atomic E-state index is 12.4. The van der Waals surface area contributed by atoms with Gasteiger partial charge in [0, 0.05) is 11.6 Å². The average Bonchev–Trinajstić information content (AvgIpc) is 3.58. The molecule has 146 valence electrons. The fourth-order valence-electron chi connectivity index (χ4n) is 3.28. The highest BCUT2D eigenvalue weighted by molar-refractivity contribution is 6.01. The number of carbonyl (C=O) groups is 2. The van der Waals surface area contributed by atoms with Gasteiger partial charge in [0.2, 0.25) is 11.8 Å². The first-order chi connectivity index (χ1) is 14.1. The van der Waals surface area contributed by atoms with E-state index in [0.29, 0.717) is 5.71 Å². The van der Waals surface area contributed by atoms with Crippen LogP contribution in [0.5, 0.6) is 0 Å². The molecule has 0 aliphatic heterocycles. The van der Waals surface area contributed by atoms with E-state index in [9.17, 15) is 9.59 Å². The molecule has 3 aromatic rings. The van der Waals surface area contributed by atoms with Crippen molar-refractivity contribution in [1.29, 1.82) is 0 Å². The standard InChI is InChI=1S/C24H23N3O2/c1-16(19-8-5-10-21(14-19)25-24(29)18-12-13-18)26-27-23(28)15-20-9-4-7-17-6-2-3-11-22(17)20/h2-11,14,18H,12-13,15H2,1H3,(H,25,29)(H,27,28).